The van der Waals surface area contributed by atoms with Crippen LogP contribution in [-0.4, -0.2) is 19.0 Å². The Labute approximate surface area is 139 Å². The van der Waals surface area contributed by atoms with Crippen LogP contribution in [0.15, 0.2) is 53.0 Å². The minimum atomic E-state index is -0.0937. The molecule has 2 aromatic carbocycles. The van der Waals surface area contributed by atoms with E-state index in [0.29, 0.717) is 5.56 Å². The number of halogens is 1. The van der Waals surface area contributed by atoms with Gasteiger partial charge in [-0.05, 0) is 54.8 Å². The molecule has 1 saturated heterocycles. The summed E-state index contributed by atoms with van der Waals surface area (Å²) in [5, 5.41) is 2.93. The molecule has 114 valence electrons. The van der Waals surface area contributed by atoms with E-state index in [1.807, 2.05) is 30.3 Å². The van der Waals surface area contributed by atoms with Crippen molar-refractivity contribution < 1.29 is 4.79 Å². The van der Waals surface area contributed by atoms with Gasteiger partial charge in [0.2, 0.25) is 0 Å². The van der Waals surface area contributed by atoms with Crippen molar-refractivity contribution in [1.82, 2.24) is 0 Å². The van der Waals surface area contributed by atoms with Gasteiger partial charge in [-0.3, -0.25) is 4.79 Å². The Morgan fingerprint density at radius 2 is 2.00 bits per heavy atom. The highest BCUT2D eigenvalue weighted by molar-refractivity contribution is 9.10. The Morgan fingerprint density at radius 3 is 2.64 bits per heavy atom. The van der Waals surface area contributed by atoms with Crippen LogP contribution in [0.5, 0.6) is 0 Å². The highest BCUT2D eigenvalue weighted by Gasteiger charge is 2.18. The number of carbonyl (C=O) groups excluding carboxylic acids is 1. The summed E-state index contributed by atoms with van der Waals surface area (Å²) in [7, 11) is 0. The molecule has 0 saturated carbocycles. The lowest BCUT2D eigenvalue weighted by molar-refractivity contribution is 0.102. The summed E-state index contributed by atoms with van der Waals surface area (Å²) in [6.45, 7) is 4.52. The maximum absolute atomic E-state index is 12.2. The van der Waals surface area contributed by atoms with Gasteiger partial charge < -0.3 is 10.2 Å². The van der Waals surface area contributed by atoms with Gasteiger partial charge in [0.05, 0.1) is 0 Å². The van der Waals surface area contributed by atoms with Gasteiger partial charge in [-0.15, -0.1) is 0 Å². The number of amides is 1. The Balaban J connectivity index is 1.67. The van der Waals surface area contributed by atoms with E-state index in [9.17, 15) is 4.79 Å². The molecule has 0 bridgehead atoms. The van der Waals surface area contributed by atoms with Crippen molar-refractivity contribution in [3.8, 4) is 0 Å². The number of nitrogens with one attached hydrogen (secondary N) is 1. The van der Waals surface area contributed by atoms with Gasteiger partial charge in [-0.1, -0.05) is 28.9 Å². The molecule has 2 aromatic rings. The molecule has 0 radical (unpaired) electrons. The fourth-order valence-corrected chi connectivity index (χ4v) is 3.16. The minimum absolute atomic E-state index is 0.0937. The van der Waals surface area contributed by atoms with Crippen LogP contribution >= 0.6 is 15.9 Å². The maximum atomic E-state index is 12.2. The lowest BCUT2D eigenvalue weighted by Gasteiger charge is -2.18. The highest BCUT2D eigenvalue weighted by Crippen LogP contribution is 2.25. The zero-order valence-electron chi connectivity index (χ0n) is 12.6. The smallest absolute Gasteiger partial charge is 0.255 e. The molecule has 0 aromatic heterocycles. The molecule has 1 N–H and O–H groups in total. The first-order valence-electron chi connectivity index (χ1n) is 7.54. The second kappa shape index (κ2) is 6.53. The van der Waals surface area contributed by atoms with Gasteiger partial charge in [-0.25, -0.2) is 0 Å². The quantitative estimate of drug-likeness (QED) is 0.872. The summed E-state index contributed by atoms with van der Waals surface area (Å²) >= 11 is 3.38. The van der Waals surface area contributed by atoms with Crippen LogP contribution in [0.2, 0.25) is 0 Å². The molecule has 3 rings (SSSR count). The number of hydrogen-bond acceptors (Lipinski definition) is 2. The first-order chi connectivity index (χ1) is 10.6. The van der Waals surface area contributed by atoms with Crippen molar-refractivity contribution in [3.63, 3.8) is 0 Å². The minimum Gasteiger partial charge on any atom is -0.371 e. The van der Waals surface area contributed by atoms with E-state index in [-0.39, 0.29) is 5.91 Å². The first-order valence-corrected chi connectivity index (χ1v) is 8.33. The second-order valence-electron chi connectivity index (χ2n) is 5.85. The lowest BCUT2D eigenvalue weighted by atomic mass is 10.2. The molecule has 1 amide bonds. The molecule has 1 aliphatic heterocycles. The number of hydrogen-bond donors (Lipinski definition) is 1. The van der Waals surface area contributed by atoms with Crippen LogP contribution in [0, 0.1) is 5.92 Å². The molecule has 1 heterocycles. The lowest BCUT2D eigenvalue weighted by Crippen LogP contribution is -2.19. The summed E-state index contributed by atoms with van der Waals surface area (Å²) in [4.78, 5) is 14.6. The summed E-state index contributed by atoms with van der Waals surface area (Å²) < 4.78 is 0.902. The third-order valence-electron chi connectivity index (χ3n) is 4.00. The van der Waals surface area contributed by atoms with Crippen molar-refractivity contribution in [3.05, 3.63) is 58.6 Å². The molecule has 1 aliphatic rings. The van der Waals surface area contributed by atoms with Crippen molar-refractivity contribution in [2.45, 2.75) is 13.3 Å². The van der Waals surface area contributed by atoms with E-state index >= 15 is 0 Å². The fraction of sp³-hybridized carbons (Fsp3) is 0.278. The van der Waals surface area contributed by atoms with Crippen molar-refractivity contribution >= 4 is 33.2 Å². The summed E-state index contributed by atoms with van der Waals surface area (Å²) in [6, 6.07) is 15.5. The largest absolute Gasteiger partial charge is 0.371 e. The van der Waals surface area contributed by atoms with Crippen molar-refractivity contribution in [2.24, 2.45) is 5.92 Å². The average molecular weight is 359 g/mol. The van der Waals surface area contributed by atoms with Gasteiger partial charge in [0.1, 0.15) is 0 Å². The SMILES string of the molecule is CC1CCN(c2ccc(NC(=O)c3cccc(Br)c3)cc2)C1. The molecule has 1 unspecified atom stereocenters. The van der Waals surface area contributed by atoms with Crippen molar-refractivity contribution in [2.75, 3.05) is 23.3 Å². The Bertz CT molecular complexity index is 669. The zero-order valence-corrected chi connectivity index (χ0v) is 14.1. The summed E-state index contributed by atoms with van der Waals surface area (Å²) in [5.74, 6) is 0.666. The number of nitrogens with zero attached hydrogens (tertiary/aromatic N) is 1. The third kappa shape index (κ3) is 3.50. The average Bonchev–Trinajstić information content (AvgIpc) is 2.94. The molecule has 0 spiro atoms. The Hall–Kier alpha value is -1.81. The van der Waals surface area contributed by atoms with E-state index < -0.39 is 0 Å². The normalized spacial score (nSPS) is 17.5. The van der Waals surface area contributed by atoms with Crippen LogP contribution in [0.1, 0.15) is 23.7 Å². The number of anilines is 2. The topological polar surface area (TPSA) is 32.3 Å². The van der Waals surface area contributed by atoms with Crippen LogP contribution in [0.4, 0.5) is 11.4 Å². The maximum Gasteiger partial charge on any atom is 0.255 e. The van der Waals surface area contributed by atoms with Crippen LogP contribution in [-0.2, 0) is 0 Å². The van der Waals surface area contributed by atoms with Crippen LogP contribution in [0.25, 0.3) is 0 Å². The molecule has 22 heavy (non-hydrogen) atoms. The molecule has 0 aliphatic carbocycles. The predicted octanol–water partition coefficient (Wildman–Crippen LogP) is 4.55. The standard InChI is InChI=1S/C18H19BrN2O/c1-13-9-10-21(12-13)17-7-5-16(6-8-17)20-18(22)14-3-2-4-15(19)11-14/h2-8,11,13H,9-10,12H2,1H3,(H,20,22). The van der Waals surface area contributed by atoms with Crippen LogP contribution in [0.3, 0.4) is 0 Å². The number of carbonyl (C=O) groups is 1. The molecular formula is C18H19BrN2O. The third-order valence-corrected chi connectivity index (χ3v) is 4.49. The Morgan fingerprint density at radius 1 is 1.23 bits per heavy atom. The predicted molar refractivity (Wildman–Crippen MR) is 94.5 cm³/mol. The first kappa shape index (κ1) is 15.1. The summed E-state index contributed by atoms with van der Waals surface area (Å²) in [6.07, 6.45) is 1.25. The van der Waals surface area contributed by atoms with E-state index in [2.05, 4.69) is 45.2 Å². The van der Waals surface area contributed by atoms with Gasteiger partial charge in [0.15, 0.2) is 0 Å². The number of benzene rings is 2. The van der Waals surface area contributed by atoms with Gasteiger partial charge in [0, 0.05) is 34.5 Å². The summed E-state index contributed by atoms with van der Waals surface area (Å²) in [5.41, 5.74) is 2.69. The fourth-order valence-electron chi connectivity index (χ4n) is 2.76. The molecule has 1 atom stereocenters. The van der Waals surface area contributed by atoms with Gasteiger partial charge >= 0.3 is 0 Å². The molecular weight excluding hydrogens is 340 g/mol. The second-order valence-corrected chi connectivity index (χ2v) is 6.77. The number of rotatable bonds is 3. The zero-order chi connectivity index (χ0) is 15.5. The molecule has 4 heteroatoms. The van der Waals surface area contributed by atoms with Gasteiger partial charge in [-0.2, -0.15) is 0 Å². The van der Waals surface area contributed by atoms with E-state index in [1.54, 1.807) is 6.07 Å². The van der Waals surface area contributed by atoms with E-state index in [4.69, 9.17) is 0 Å². The van der Waals surface area contributed by atoms with Crippen molar-refractivity contribution in [1.29, 1.82) is 0 Å². The molecule has 1 fully saturated rings. The molecule has 3 nitrogen and oxygen atoms in total. The van der Waals surface area contributed by atoms with Crippen LogP contribution < -0.4 is 10.2 Å². The highest BCUT2D eigenvalue weighted by atomic mass is 79.9. The van der Waals surface area contributed by atoms with Gasteiger partial charge in [0.25, 0.3) is 5.91 Å². The monoisotopic (exact) mass is 358 g/mol. The van der Waals surface area contributed by atoms with E-state index in [1.165, 1.54) is 12.1 Å². The van der Waals surface area contributed by atoms with E-state index in [0.717, 1.165) is 29.2 Å². The Kier molecular flexibility index (Phi) is 4.48.